The van der Waals surface area contributed by atoms with Gasteiger partial charge in [-0.1, -0.05) is 11.2 Å². The van der Waals surface area contributed by atoms with Crippen molar-refractivity contribution in [3.63, 3.8) is 0 Å². The van der Waals surface area contributed by atoms with E-state index in [4.69, 9.17) is 9.26 Å². The van der Waals surface area contributed by atoms with Crippen molar-refractivity contribution in [1.82, 2.24) is 20.4 Å². The second-order valence-corrected chi connectivity index (χ2v) is 5.76. The normalized spacial score (nSPS) is 11.5. The molecule has 7 heteroatoms. The summed E-state index contributed by atoms with van der Waals surface area (Å²) in [6.45, 7) is 8.89. The number of carbonyl (C=O) groups is 1. The van der Waals surface area contributed by atoms with Crippen LogP contribution in [0, 0.1) is 0 Å². The molecule has 0 unspecified atom stereocenters. The number of pyridine rings is 1. The molecule has 22 heavy (non-hydrogen) atoms. The van der Waals surface area contributed by atoms with E-state index < -0.39 is 5.54 Å². The van der Waals surface area contributed by atoms with Crippen LogP contribution in [0.15, 0.2) is 22.7 Å². The Kier molecular flexibility index (Phi) is 4.44. The third-order valence-corrected chi connectivity index (χ3v) is 2.77. The van der Waals surface area contributed by atoms with Gasteiger partial charge < -0.3 is 14.6 Å². The molecule has 0 bridgehead atoms. The van der Waals surface area contributed by atoms with Gasteiger partial charge in [0.05, 0.1) is 11.6 Å². The van der Waals surface area contributed by atoms with Gasteiger partial charge in [0.1, 0.15) is 5.69 Å². The van der Waals surface area contributed by atoms with Gasteiger partial charge in [-0.25, -0.2) is 4.98 Å². The summed E-state index contributed by atoms with van der Waals surface area (Å²) in [5.74, 6) is 0.993. The van der Waals surface area contributed by atoms with Crippen molar-refractivity contribution < 1.29 is 14.1 Å². The van der Waals surface area contributed by atoms with Crippen molar-refractivity contribution in [3.05, 3.63) is 24.0 Å². The fourth-order valence-electron chi connectivity index (χ4n) is 1.92. The Morgan fingerprint density at radius 2 is 2.05 bits per heavy atom. The van der Waals surface area contributed by atoms with Crippen molar-refractivity contribution in [2.45, 2.75) is 46.3 Å². The van der Waals surface area contributed by atoms with E-state index in [-0.39, 0.29) is 17.9 Å². The standard InChI is InChI=1S/C15H20N4O3/c1-9(2)21-12-8-6-7-11(16-12)13-17-14(19-22-13)15(4,5)18-10(3)20/h6-9H,1-5H3,(H,18,20). The molecule has 118 valence electrons. The van der Waals surface area contributed by atoms with Gasteiger partial charge in [0.25, 0.3) is 5.89 Å². The summed E-state index contributed by atoms with van der Waals surface area (Å²) in [6.07, 6.45) is 0.0275. The Morgan fingerprint density at radius 1 is 1.32 bits per heavy atom. The van der Waals surface area contributed by atoms with Crippen molar-refractivity contribution in [2.75, 3.05) is 0 Å². The maximum absolute atomic E-state index is 11.2. The lowest BCUT2D eigenvalue weighted by molar-refractivity contribution is -0.120. The Morgan fingerprint density at radius 3 is 2.68 bits per heavy atom. The first-order chi connectivity index (χ1) is 10.3. The zero-order valence-corrected chi connectivity index (χ0v) is 13.4. The SMILES string of the molecule is CC(=O)NC(C)(C)c1noc(-c2cccc(OC(C)C)n2)n1. The molecule has 1 amide bonds. The largest absolute Gasteiger partial charge is 0.475 e. The highest BCUT2D eigenvalue weighted by molar-refractivity contribution is 5.73. The number of ether oxygens (including phenoxy) is 1. The Labute approximate surface area is 129 Å². The summed E-state index contributed by atoms with van der Waals surface area (Å²) in [5.41, 5.74) is -0.199. The average molecular weight is 304 g/mol. The Bertz CT molecular complexity index is 664. The number of hydrogen-bond donors (Lipinski definition) is 1. The van der Waals surface area contributed by atoms with Crippen LogP contribution in [0.1, 0.15) is 40.4 Å². The van der Waals surface area contributed by atoms with Crippen LogP contribution >= 0.6 is 0 Å². The summed E-state index contributed by atoms with van der Waals surface area (Å²) in [6, 6.07) is 5.33. The smallest absolute Gasteiger partial charge is 0.276 e. The topological polar surface area (TPSA) is 90.1 Å². The highest BCUT2D eigenvalue weighted by Gasteiger charge is 2.28. The second-order valence-electron chi connectivity index (χ2n) is 5.76. The van der Waals surface area contributed by atoms with Crippen molar-refractivity contribution in [1.29, 1.82) is 0 Å². The third kappa shape index (κ3) is 3.81. The lowest BCUT2D eigenvalue weighted by Crippen LogP contribution is -2.40. The van der Waals surface area contributed by atoms with Gasteiger partial charge in [-0.2, -0.15) is 4.98 Å². The van der Waals surface area contributed by atoms with Crippen LogP contribution in [-0.4, -0.2) is 27.1 Å². The highest BCUT2D eigenvalue weighted by Crippen LogP contribution is 2.22. The van der Waals surface area contributed by atoms with Crippen molar-refractivity contribution >= 4 is 5.91 Å². The third-order valence-electron chi connectivity index (χ3n) is 2.77. The van der Waals surface area contributed by atoms with E-state index in [9.17, 15) is 4.79 Å². The molecule has 0 aliphatic rings. The number of rotatable bonds is 5. The fourth-order valence-corrected chi connectivity index (χ4v) is 1.92. The first-order valence-electron chi connectivity index (χ1n) is 7.05. The Hall–Kier alpha value is -2.44. The molecule has 1 N–H and O–H groups in total. The first kappa shape index (κ1) is 15.9. The first-order valence-corrected chi connectivity index (χ1v) is 7.05. The molecule has 0 aliphatic carbocycles. The molecule has 0 saturated heterocycles. The summed E-state index contributed by atoms with van der Waals surface area (Å²) in [4.78, 5) is 19.9. The monoisotopic (exact) mass is 304 g/mol. The molecule has 2 aromatic heterocycles. The molecule has 2 heterocycles. The van der Waals surface area contributed by atoms with Crippen LogP contribution < -0.4 is 10.1 Å². The van der Waals surface area contributed by atoms with Crippen LogP contribution in [0.3, 0.4) is 0 Å². The molecule has 0 spiro atoms. The lowest BCUT2D eigenvalue weighted by Gasteiger charge is -2.20. The number of nitrogens with zero attached hydrogens (tertiary/aromatic N) is 3. The van der Waals surface area contributed by atoms with Crippen LogP contribution in [-0.2, 0) is 10.3 Å². The average Bonchev–Trinajstić information content (AvgIpc) is 2.87. The minimum atomic E-state index is -0.723. The molecule has 2 rings (SSSR count). The van der Waals surface area contributed by atoms with E-state index in [1.807, 2.05) is 19.9 Å². The van der Waals surface area contributed by atoms with Crippen LogP contribution in [0.2, 0.25) is 0 Å². The molecule has 2 aromatic rings. The van der Waals surface area contributed by atoms with Crippen LogP contribution in [0.5, 0.6) is 5.88 Å². The van der Waals surface area contributed by atoms with Gasteiger partial charge in [-0.05, 0) is 33.8 Å². The summed E-state index contributed by atoms with van der Waals surface area (Å²) in [5, 5.41) is 6.69. The van der Waals surface area contributed by atoms with Crippen LogP contribution in [0.4, 0.5) is 0 Å². The predicted octanol–water partition coefficient (Wildman–Crippen LogP) is 2.29. The molecule has 0 atom stereocenters. The van der Waals surface area contributed by atoms with Crippen molar-refractivity contribution in [3.8, 4) is 17.5 Å². The number of amides is 1. The molecule has 7 nitrogen and oxygen atoms in total. The van der Waals surface area contributed by atoms with Crippen molar-refractivity contribution in [2.24, 2.45) is 0 Å². The zero-order chi connectivity index (χ0) is 16.3. The molecule has 0 radical (unpaired) electrons. The van der Waals surface area contributed by atoms with Gasteiger partial charge in [0.15, 0.2) is 5.82 Å². The van der Waals surface area contributed by atoms with E-state index in [0.717, 1.165) is 0 Å². The van der Waals surface area contributed by atoms with E-state index in [2.05, 4.69) is 20.4 Å². The maximum Gasteiger partial charge on any atom is 0.276 e. The minimum absolute atomic E-state index is 0.0275. The molecular weight excluding hydrogens is 284 g/mol. The van der Waals surface area contributed by atoms with Crippen LogP contribution in [0.25, 0.3) is 11.6 Å². The molecular formula is C15H20N4O3. The van der Waals surface area contributed by atoms with Gasteiger partial charge in [0, 0.05) is 13.0 Å². The molecule has 0 saturated carbocycles. The fraction of sp³-hybridized carbons (Fsp3) is 0.467. The number of aromatic nitrogens is 3. The number of nitrogens with one attached hydrogen (secondary N) is 1. The second kappa shape index (κ2) is 6.13. The van der Waals surface area contributed by atoms with E-state index in [0.29, 0.717) is 17.4 Å². The summed E-state index contributed by atoms with van der Waals surface area (Å²) >= 11 is 0. The zero-order valence-electron chi connectivity index (χ0n) is 13.4. The summed E-state index contributed by atoms with van der Waals surface area (Å²) < 4.78 is 10.8. The van der Waals surface area contributed by atoms with Gasteiger partial charge in [0.2, 0.25) is 11.8 Å². The molecule has 0 aliphatic heterocycles. The van der Waals surface area contributed by atoms with E-state index in [1.54, 1.807) is 26.0 Å². The quantitative estimate of drug-likeness (QED) is 0.911. The minimum Gasteiger partial charge on any atom is -0.475 e. The maximum atomic E-state index is 11.2. The number of carbonyl (C=O) groups excluding carboxylic acids is 1. The van der Waals surface area contributed by atoms with Gasteiger partial charge >= 0.3 is 0 Å². The number of hydrogen-bond acceptors (Lipinski definition) is 6. The van der Waals surface area contributed by atoms with Gasteiger partial charge in [-0.15, -0.1) is 0 Å². The predicted molar refractivity (Wildman–Crippen MR) is 80.1 cm³/mol. The highest BCUT2D eigenvalue weighted by atomic mass is 16.5. The molecule has 0 fully saturated rings. The van der Waals surface area contributed by atoms with E-state index in [1.165, 1.54) is 6.92 Å². The van der Waals surface area contributed by atoms with E-state index >= 15 is 0 Å². The Balaban J connectivity index is 2.26. The van der Waals surface area contributed by atoms with Gasteiger partial charge in [-0.3, -0.25) is 4.79 Å². The molecule has 0 aromatic carbocycles. The lowest BCUT2D eigenvalue weighted by atomic mass is 10.1. The summed E-state index contributed by atoms with van der Waals surface area (Å²) in [7, 11) is 0.